The Morgan fingerprint density at radius 2 is 1.91 bits per heavy atom. The molecule has 0 saturated heterocycles. The Balaban J connectivity index is 2.04. The normalized spacial score (nSPS) is 11.5. The molecule has 0 saturated carbocycles. The number of hydrazone groups is 1. The molecular formula is C22H23BrFN3O6. The van der Waals surface area contributed by atoms with E-state index in [1.54, 1.807) is 25.1 Å². The highest BCUT2D eigenvalue weighted by molar-refractivity contribution is 9.10. The van der Waals surface area contributed by atoms with Crippen LogP contribution in [-0.4, -0.2) is 44.3 Å². The first-order valence-corrected chi connectivity index (χ1v) is 10.6. The summed E-state index contributed by atoms with van der Waals surface area (Å²) in [4.78, 5) is 35.8. The lowest BCUT2D eigenvalue weighted by molar-refractivity contribution is -0.143. The van der Waals surface area contributed by atoms with E-state index >= 15 is 0 Å². The number of halogens is 2. The Hall–Kier alpha value is -3.47. The zero-order valence-electron chi connectivity index (χ0n) is 18.2. The smallest absolute Gasteiger partial charge is 0.343 e. The number of para-hydroxylation sites is 1. The molecular weight excluding hydrogens is 501 g/mol. The van der Waals surface area contributed by atoms with Crippen LogP contribution in [0.25, 0.3) is 0 Å². The van der Waals surface area contributed by atoms with E-state index in [1.165, 1.54) is 38.4 Å². The molecule has 2 amide bonds. The van der Waals surface area contributed by atoms with E-state index in [0.29, 0.717) is 28.1 Å². The van der Waals surface area contributed by atoms with E-state index in [2.05, 4.69) is 36.5 Å². The van der Waals surface area contributed by atoms with E-state index < -0.39 is 29.5 Å². The minimum atomic E-state index is -1.12. The highest BCUT2D eigenvalue weighted by Crippen LogP contribution is 2.36. The molecule has 2 aromatic rings. The molecule has 0 aliphatic rings. The zero-order valence-corrected chi connectivity index (χ0v) is 19.8. The van der Waals surface area contributed by atoms with Crippen molar-refractivity contribution in [2.24, 2.45) is 11.0 Å². The maximum Gasteiger partial charge on any atom is 0.343 e. The molecule has 33 heavy (non-hydrogen) atoms. The standard InChI is InChI=1S/C22H23BrFN3O6/c1-4-32-18-10-14(9-15(23)20(18)33-12-19(28)31-3)11-25-27-22(30)13(2)21(29)26-17-8-6-5-7-16(17)24/h5-11,13H,4,12H2,1-3H3,(H,26,29)(H,27,30). The van der Waals surface area contributed by atoms with Gasteiger partial charge in [0, 0.05) is 0 Å². The van der Waals surface area contributed by atoms with Crippen LogP contribution in [0.5, 0.6) is 11.5 Å². The molecule has 0 aliphatic carbocycles. The third-order valence-electron chi connectivity index (χ3n) is 4.20. The van der Waals surface area contributed by atoms with Gasteiger partial charge in [-0.1, -0.05) is 12.1 Å². The molecule has 0 fully saturated rings. The van der Waals surface area contributed by atoms with Gasteiger partial charge in [-0.05, 0) is 59.6 Å². The first kappa shape index (κ1) is 25.8. The Bertz CT molecular complexity index is 1050. The number of nitrogens with one attached hydrogen (secondary N) is 2. The molecule has 9 nitrogen and oxygen atoms in total. The van der Waals surface area contributed by atoms with Crippen molar-refractivity contribution >= 4 is 45.6 Å². The number of ether oxygens (including phenoxy) is 3. The predicted molar refractivity (Wildman–Crippen MR) is 123 cm³/mol. The molecule has 2 N–H and O–H groups in total. The van der Waals surface area contributed by atoms with Crippen LogP contribution in [0.4, 0.5) is 10.1 Å². The number of rotatable bonds is 10. The third kappa shape index (κ3) is 7.56. The van der Waals surface area contributed by atoms with Crippen molar-refractivity contribution in [3.8, 4) is 11.5 Å². The second kappa shape index (κ2) is 12.5. The lowest BCUT2D eigenvalue weighted by atomic mass is 10.1. The molecule has 0 aromatic heterocycles. The summed E-state index contributed by atoms with van der Waals surface area (Å²) < 4.78 is 29.7. The number of hydrogen-bond acceptors (Lipinski definition) is 7. The Morgan fingerprint density at radius 1 is 1.18 bits per heavy atom. The van der Waals surface area contributed by atoms with Crippen LogP contribution in [-0.2, 0) is 19.1 Å². The molecule has 0 heterocycles. The number of anilines is 1. The summed E-state index contributed by atoms with van der Waals surface area (Å²) in [6.07, 6.45) is 1.34. The van der Waals surface area contributed by atoms with Crippen LogP contribution in [0.3, 0.4) is 0 Å². The SMILES string of the molecule is CCOc1cc(C=NNC(=O)C(C)C(=O)Nc2ccccc2F)cc(Br)c1OCC(=O)OC. The Kier molecular flexibility index (Phi) is 9.80. The molecule has 0 aliphatic heterocycles. The van der Waals surface area contributed by atoms with Crippen molar-refractivity contribution in [1.29, 1.82) is 0 Å². The lowest BCUT2D eigenvalue weighted by Gasteiger charge is -2.14. The van der Waals surface area contributed by atoms with Gasteiger partial charge in [0.2, 0.25) is 5.91 Å². The first-order chi connectivity index (χ1) is 15.8. The van der Waals surface area contributed by atoms with Crippen molar-refractivity contribution < 1.29 is 33.0 Å². The van der Waals surface area contributed by atoms with Crippen molar-refractivity contribution in [1.82, 2.24) is 5.43 Å². The summed E-state index contributed by atoms with van der Waals surface area (Å²) in [5.41, 5.74) is 2.79. The molecule has 176 valence electrons. The molecule has 2 aromatic carbocycles. The Labute approximate surface area is 198 Å². The molecule has 2 rings (SSSR count). The predicted octanol–water partition coefficient (Wildman–Crippen LogP) is 3.26. The highest BCUT2D eigenvalue weighted by atomic mass is 79.9. The summed E-state index contributed by atoms with van der Waals surface area (Å²) in [7, 11) is 1.25. The number of methoxy groups -OCH3 is 1. The number of hydrogen-bond donors (Lipinski definition) is 2. The van der Waals surface area contributed by atoms with Crippen LogP contribution in [0, 0.1) is 11.7 Å². The van der Waals surface area contributed by atoms with Crippen LogP contribution < -0.4 is 20.2 Å². The molecule has 1 atom stereocenters. The van der Waals surface area contributed by atoms with Gasteiger partial charge in [0.05, 0.1) is 30.1 Å². The summed E-state index contributed by atoms with van der Waals surface area (Å²) in [6.45, 7) is 3.20. The van der Waals surface area contributed by atoms with Gasteiger partial charge in [-0.3, -0.25) is 9.59 Å². The monoisotopic (exact) mass is 523 g/mol. The maximum absolute atomic E-state index is 13.7. The van der Waals surface area contributed by atoms with Gasteiger partial charge in [0.15, 0.2) is 18.1 Å². The minimum Gasteiger partial charge on any atom is -0.490 e. The minimum absolute atomic E-state index is 0.0199. The van der Waals surface area contributed by atoms with E-state index in [1.807, 2.05) is 0 Å². The summed E-state index contributed by atoms with van der Waals surface area (Å²) >= 11 is 3.35. The van der Waals surface area contributed by atoms with E-state index in [4.69, 9.17) is 9.47 Å². The van der Waals surface area contributed by atoms with Crippen LogP contribution in [0.2, 0.25) is 0 Å². The topological polar surface area (TPSA) is 115 Å². The second-order valence-electron chi connectivity index (χ2n) is 6.55. The van der Waals surface area contributed by atoms with Crippen LogP contribution >= 0.6 is 15.9 Å². The number of carbonyl (C=O) groups is 3. The van der Waals surface area contributed by atoms with Gasteiger partial charge in [-0.2, -0.15) is 5.10 Å². The summed E-state index contributed by atoms with van der Waals surface area (Å²) in [5.74, 6) is -2.98. The third-order valence-corrected chi connectivity index (χ3v) is 4.79. The molecule has 11 heteroatoms. The maximum atomic E-state index is 13.7. The second-order valence-corrected chi connectivity index (χ2v) is 7.41. The first-order valence-electron chi connectivity index (χ1n) is 9.81. The number of nitrogens with zero attached hydrogens (tertiary/aromatic N) is 1. The molecule has 1 unspecified atom stereocenters. The number of esters is 1. The number of benzene rings is 2. The average molecular weight is 524 g/mol. The van der Waals surface area contributed by atoms with E-state index in [9.17, 15) is 18.8 Å². The summed E-state index contributed by atoms with van der Waals surface area (Å²) in [5, 5.41) is 6.22. The van der Waals surface area contributed by atoms with Gasteiger partial charge in [-0.25, -0.2) is 14.6 Å². The van der Waals surface area contributed by atoms with Crippen molar-refractivity contribution in [3.63, 3.8) is 0 Å². The quantitative estimate of drug-likeness (QED) is 0.214. The molecule has 0 bridgehead atoms. The van der Waals surface area contributed by atoms with Crippen molar-refractivity contribution in [3.05, 3.63) is 52.3 Å². The van der Waals surface area contributed by atoms with Crippen molar-refractivity contribution in [2.45, 2.75) is 13.8 Å². The number of amides is 2. The summed E-state index contributed by atoms with van der Waals surface area (Å²) in [6, 6.07) is 8.88. The fourth-order valence-corrected chi connectivity index (χ4v) is 3.02. The van der Waals surface area contributed by atoms with E-state index in [-0.39, 0.29) is 12.3 Å². The number of carbonyl (C=O) groups excluding carboxylic acids is 3. The lowest BCUT2D eigenvalue weighted by Crippen LogP contribution is -2.34. The highest BCUT2D eigenvalue weighted by Gasteiger charge is 2.22. The Morgan fingerprint density at radius 3 is 2.58 bits per heavy atom. The van der Waals surface area contributed by atoms with Gasteiger partial charge in [-0.15, -0.1) is 0 Å². The van der Waals surface area contributed by atoms with Gasteiger partial charge in [0.1, 0.15) is 11.7 Å². The van der Waals surface area contributed by atoms with Crippen LogP contribution in [0.15, 0.2) is 46.0 Å². The zero-order chi connectivity index (χ0) is 24.4. The van der Waals surface area contributed by atoms with Gasteiger partial charge >= 0.3 is 5.97 Å². The van der Waals surface area contributed by atoms with Crippen molar-refractivity contribution in [2.75, 3.05) is 25.6 Å². The van der Waals surface area contributed by atoms with Gasteiger partial charge < -0.3 is 19.5 Å². The largest absolute Gasteiger partial charge is 0.490 e. The molecule has 0 radical (unpaired) electrons. The average Bonchev–Trinajstić information content (AvgIpc) is 2.79. The fourth-order valence-electron chi connectivity index (χ4n) is 2.45. The van der Waals surface area contributed by atoms with E-state index in [0.717, 1.165) is 0 Å². The van der Waals surface area contributed by atoms with Gasteiger partial charge in [0.25, 0.3) is 5.91 Å². The molecule has 0 spiro atoms. The fraction of sp³-hybridized carbons (Fsp3) is 0.273. The van der Waals surface area contributed by atoms with Crippen LogP contribution in [0.1, 0.15) is 19.4 Å².